The third kappa shape index (κ3) is 81.8. The van der Waals surface area contributed by atoms with Gasteiger partial charge in [-0.05, 0) is 70.6 Å². The fraction of sp³-hybridized carbons (Fsp3) is 0.813. The molecule has 0 amide bonds. The van der Waals surface area contributed by atoms with E-state index in [2.05, 4.69) is 98.9 Å². The van der Waals surface area contributed by atoms with Gasteiger partial charge in [-0.25, -0.2) is 0 Å². The number of aliphatic carboxylic acids is 1. The minimum atomic E-state index is -1.62. The number of nitrogens with zero attached hydrogens (tertiary/aromatic N) is 1. The van der Waals surface area contributed by atoms with Crippen molar-refractivity contribution in [1.82, 2.24) is 0 Å². The molecule has 0 heterocycles. The zero-order chi connectivity index (χ0) is 72.5. The van der Waals surface area contributed by atoms with Crippen LogP contribution in [0.3, 0.4) is 0 Å². The van der Waals surface area contributed by atoms with Crippen molar-refractivity contribution in [1.29, 1.82) is 0 Å². The molecule has 0 radical (unpaired) electrons. The van der Waals surface area contributed by atoms with Crippen LogP contribution in [0.2, 0.25) is 0 Å². The zero-order valence-corrected chi connectivity index (χ0v) is 66.8. The predicted molar refractivity (Wildman–Crippen MR) is 431 cm³/mol. The van der Waals surface area contributed by atoms with E-state index in [4.69, 9.17) is 18.9 Å². The Hall–Kier alpha value is -3.53. The summed E-state index contributed by atoms with van der Waals surface area (Å²) >= 11 is 0. The molecule has 0 aromatic heterocycles. The highest BCUT2D eigenvalue weighted by Crippen LogP contribution is 2.20. The molecule has 100 heavy (non-hydrogen) atoms. The first-order valence-corrected chi connectivity index (χ1v) is 43.2. The van der Waals surface area contributed by atoms with Crippen LogP contribution < -0.4 is 5.11 Å². The van der Waals surface area contributed by atoms with Crippen molar-refractivity contribution in [2.24, 2.45) is 0 Å². The fourth-order valence-electron chi connectivity index (χ4n) is 12.9. The maximum Gasteiger partial charge on any atom is 0.306 e. The lowest BCUT2D eigenvalue weighted by molar-refractivity contribution is -0.870. The lowest BCUT2D eigenvalue weighted by Gasteiger charge is -2.26. The van der Waals surface area contributed by atoms with Gasteiger partial charge < -0.3 is 33.3 Å². The van der Waals surface area contributed by atoms with Crippen LogP contribution >= 0.6 is 0 Å². The maximum absolute atomic E-state index is 13.0. The van der Waals surface area contributed by atoms with Crippen molar-refractivity contribution in [2.45, 2.75) is 431 Å². The fourth-order valence-corrected chi connectivity index (χ4v) is 12.9. The number of hydrogen-bond donors (Lipinski definition) is 0. The van der Waals surface area contributed by atoms with Gasteiger partial charge in [-0.15, -0.1) is 0 Å². The number of carbonyl (C=O) groups excluding carboxylic acids is 3. The van der Waals surface area contributed by atoms with E-state index in [1.807, 2.05) is 21.1 Å². The quantitative estimate of drug-likeness (QED) is 0.0195. The van der Waals surface area contributed by atoms with Gasteiger partial charge in [0.05, 0.1) is 40.3 Å². The van der Waals surface area contributed by atoms with Gasteiger partial charge in [-0.3, -0.25) is 9.59 Å². The Morgan fingerprint density at radius 1 is 0.310 bits per heavy atom. The van der Waals surface area contributed by atoms with Crippen molar-refractivity contribution < 1.29 is 42.9 Å². The summed E-state index contributed by atoms with van der Waals surface area (Å²) in [7, 11) is 5.95. The van der Waals surface area contributed by atoms with Crippen LogP contribution in [0.1, 0.15) is 418 Å². The van der Waals surface area contributed by atoms with Gasteiger partial charge in [0.15, 0.2) is 12.4 Å². The Labute approximate surface area is 620 Å². The maximum atomic E-state index is 13.0. The first-order chi connectivity index (χ1) is 49.1. The number of quaternary nitrogens is 1. The number of carboxylic acid groups (broad SMARTS) is 1. The lowest BCUT2D eigenvalue weighted by atomic mass is 10.0. The van der Waals surface area contributed by atoms with Gasteiger partial charge in [0.25, 0.3) is 0 Å². The van der Waals surface area contributed by atoms with E-state index >= 15 is 0 Å². The largest absolute Gasteiger partial charge is 0.545 e. The molecule has 0 aromatic carbocycles. The summed E-state index contributed by atoms with van der Waals surface area (Å²) in [5, 5.41) is 11.9. The lowest BCUT2D eigenvalue weighted by Crippen LogP contribution is -2.44. The van der Waals surface area contributed by atoms with Crippen LogP contribution in [0.15, 0.2) is 85.1 Å². The van der Waals surface area contributed by atoms with E-state index < -0.39 is 24.3 Å². The van der Waals surface area contributed by atoms with E-state index in [9.17, 15) is 19.5 Å². The summed E-state index contributed by atoms with van der Waals surface area (Å²) in [6.45, 7) is 4.70. The Morgan fingerprint density at radius 2 is 0.570 bits per heavy atom. The molecule has 0 saturated heterocycles. The molecule has 2 atom stereocenters. The van der Waals surface area contributed by atoms with Crippen molar-refractivity contribution in [3.63, 3.8) is 0 Å². The molecule has 2 unspecified atom stereocenters. The monoisotopic (exact) mass is 1400 g/mol. The molecule has 0 fully saturated rings. The second kappa shape index (κ2) is 81.1. The number of unbranched alkanes of at least 4 members (excludes halogenated alkanes) is 52. The predicted octanol–water partition coefficient (Wildman–Crippen LogP) is 26.8. The van der Waals surface area contributed by atoms with Crippen LogP contribution in [0.5, 0.6) is 0 Å². The molecule has 0 aromatic rings. The second-order valence-corrected chi connectivity index (χ2v) is 30.5. The number of carboxylic acids is 1. The summed E-state index contributed by atoms with van der Waals surface area (Å²) in [6.07, 6.45) is 109. The molecule has 0 saturated carbocycles. The van der Waals surface area contributed by atoms with Crippen molar-refractivity contribution >= 4 is 17.9 Å². The highest BCUT2D eigenvalue weighted by molar-refractivity contribution is 5.70. The van der Waals surface area contributed by atoms with Crippen LogP contribution in [-0.4, -0.2) is 82.3 Å². The second-order valence-electron chi connectivity index (χ2n) is 30.5. The summed E-state index contributed by atoms with van der Waals surface area (Å²) < 4.78 is 22.9. The third-order valence-corrected chi connectivity index (χ3v) is 19.4. The van der Waals surface area contributed by atoms with Crippen molar-refractivity contribution in [2.75, 3.05) is 47.5 Å². The van der Waals surface area contributed by atoms with Gasteiger partial charge >= 0.3 is 11.9 Å². The van der Waals surface area contributed by atoms with E-state index in [-0.39, 0.29) is 32.2 Å². The summed E-state index contributed by atoms with van der Waals surface area (Å²) in [5.41, 5.74) is 0. The average Bonchev–Trinajstić information content (AvgIpc) is 1.14. The molecule has 0 rings (SSSR count). The van der Waals surface area contributed by atoms with Gasteiger partial charge in [-0.2, -0.15) is 0 Å². The average molecular weight is 1400 g/mol. The van der Waals surface area contributed by atoms with Gasteiger partial charge in [-0.1, -0.05) is 420 Å². The van der Waals surface area contributed by atoms with Gasteiger partial charge in [0, 0.05) is 12.8 Å². The molecule has 0 N–H and O–H groups in total. The molecule has 0 spiro atoms. The topological polar surface area (TPSA) is 111 Å². The first-order valence-electron chi connectivity index (χ1n) is 43.2. The Balaban J connectivity index is 3.96. The summed E-state index contributed by atoms with van der Waals surface area (Å²) in [4.78, 5) is 37.7. The first kappa shape index (κ1) is 96.5. The molecule has 0 aliphatic heterocycles. The Bertz CT molecular complexity index is 1930. The molecule has 0 bridgehead atoms. The minimum absolute atomic E-state index is 0.148. The SMILES string of the molecule is CC/C=C\C/C=C\C/C=C\C/C=C\C/C=C\C/C=C\C/C=C\CCCCCCCCCCCCCCCCCC(=O)OC(COC(=O)CCCCCCCCCCCCCCCCCCCCCCCCCCCCCCCCCCCCCCCC)COC(OCC[N+](C)(C)C)C(=O)[O-]. The summed E-state index contributed by atoms with van der Waals surface area (Å²) in [5.74, 6) is -2.26. The molecule has 0 aliphatic rings. The van der Waals surface area contributed by atoms with E-state index in [1.54, 1.807) is 0 Å². The number of carbonyl (C=O) groups is 3. The Morgan fingerprint density at radius 3 is 0.850 bits per heavy atom. The number of ether oxygens (including phenoxy) is 4. The van der Waals surface area contributed by atoms with Gasteiger partial charge in [0.1, 0.15) is 13.2 Å². The van der Waals surface area contributed by atoms with Gasteiger partial charge in [0.2, 0.25) is 0 Å². The highest BCUT2D eigenvalue weighted by atomic mass is 16.7. The molecular weight excluding hydrogens is 1230 g/mol. The number of allylic oxidation sites excluding steroid dienone is 14. The molecular formula is C91H165NO8. The van der Waals surface area contributed by atoms with Crippen LogP contribution in [0.4, 0.5) is 0 Å². The summed E-state index contributed by atoms with van der Waals surface area (Å²) in [6, 6.07) is 0. The highest BCUT2D eigenvalue weighted by Gasteiger charge is 2.22. The van der Waals surface area contributed by atoms with E-state index in [0.717, 1.165) is 83.5 Å². The number of hydrogen-bond acceptors (Lipinski definition) is 8. The van der Waals surface area contributed by atoms with E-state index in [0.29, 0.717) is 23.9 Å². The minimum Gasteiger partial charge on any atom is -0.545 e. The molecule has 0 aliphatic carbocycles. The molecule has 582 valence electrons. The Kier molecular flexibility index (Phi) is 78.3. The number of rotatable bonds is 81. The molecule has 9 heteroatoms. The third-order valence-electron chi connectivity index (χ3n) is 19.4. The van der Waals surface area contributed by atoms with Crippen LogP contribution in [0.25, 0.3) is 0 Å². The number of likely N-dealkylation sites (N-methyl/N-ethyl adjacent to an activating group) is 1. The normalized spacial score (nSPS) is 13.0. The van der Waals surface area contributed by atoms with Crippen molar-refractivity contribution in [3.8, 4) is 0 Å². The van der Waals surface area contributed by atoms with Crippen LogP contribution in [-0.2, 0) is 33.3 Å². The standard InChI is InChI=1S/C91H165NO8/c1-6-8-10-12-14-16-18-20-22-24-26-28-30-32-34-36-38-40-42-44-46-47-49-51-53-55-57-59-61-63-65-67-69-71-73-75-77-79-81-88(93)98-85-87(86-99-91(90(95)96)97-84-83-92(3,4)5)100-89(94)82-80-78-76-74-72-70-68-66-64-62-60-58-56-54-52-50-48-45-43-41-39-37-35-33-31-29-27-25-23-21-19-17-15-13-11-9-7-2/h9,11,15,17,21,23,27,29,33,35,39,41,45,48,87,91H,6-8,10,12-14,16,18-20,22,24-26,28,30-32,34,36-38,40,42-44,46-47,49-86H2,1-5H3/b11-9-,17-15-,23-21-,29-27-,35-33-,41-39-,48-45-. The molecule has 9 nitrogen and oxygen atoms in total. The number of esters is 2. The van der Waals surface area contributed by atoms with E-state index in [1.165, 1.54) is 302 Å². The zero-order valence-electron chi connectivity index (χ0n) is 66.8. The smallest absolute Gasteiger partial charge is 0.306 e. The van der Waals surface area contributed by atoms with Crippen molar-refractivity contribution in [3.05, 3.63) is 85.1 Å². The van der Waals surface area contributed by atoms with Crippen LogP contribution in [0, 0.1) is 0 Å².